The lowest BCUT2D eigenvalue weighted by atomic mass is 10.1. The van der Waals surface area contributed by atoms with Gasteiger partial charge in [0.15, 0.2) is 0 Å². The van der Waals surface area contributed by atoms with E-state index in [0.717, 1.165) is 12.1 Å². The highest BCUT2D eigenvalue weighted by Crippen LogP contribution is 2.26. The van der Waals surface area contributed by atoms with Gasteiger partial charge in [-0.25, -0.2) is 8.78 Å². The Balaban J connectivity index is 2.29. The molecule has 0 bridgehead atoms. The average Bonchev–Trinajstić information content (AvgIpc) is 2.46. The zero-order chi connectivity index (χ0) is 14.5. The molecule has 0 amide bonds. The fourth-order valence-corrected chi connectivity index (χ4v) is 1.97. The molecule has 1 unspecified atom stereocenters. The molecule has 5 heteroatoms. The summed E-state index contributed by atoms with van der Waals surface area (Å²) in [6.07, 6.45) is 0. The first kappa shape index (κ1) is 14.3. The van der Waals surface area contributed by atoms with Crippen LogP contribution in [0.4, 0.5) is 14.5 Å². The van der Waals surface area contributed by atoms with Crippen molar-refractivity contribution in [3.05, 3.63) is 59.7 Å². The molecule has 2 N–H and O–H groups in total. The predicted molar refractivity (Wildman–Crippen MR) is 72.8 cm³/mol. The van der Waals surface area contributed by atoms with Crippen molar-refractivity contribution >= 4 is 5.69 Å². The summed E-state index contributed by atoms with van der Waals surface area (Å²) < 4.78 is 32.5. The second kappa shape index (κ2) is 6.34. The third-order valence-corrected chi connectivity index (χ3v) is 2.94. The van der Waals surface area contributed by atoms with E-state index in [1.54, 1.807) is 24.3 Å². The quantitative estimate of drug-likeness (QED) is 0.883. The lowest BCUT2D eigenvalue weighted by Gasteiger charge is -2.19. The van der Waals surface area contributed by atoms with E-state index in [2.05, 4.69) is 5.32 Å². The molecule has 20 heavy (non-hydrogen) atoms. The van der Waals surface area contributed by atoms with Crippen molar-refractivity contribution in [1.82, 2.24) is 0 Å². The Kier molecular flexibility index (Phi) is 4.53. The average molecular weight is 279 g/mol. The summed E-state index contributed by atoms with van der Waals surface area (Å²) in [5.74, 6) is -0.778. The molecule has 0 heterocycles. The fourth-order valence-electron chi connectivity index (χ4n) is 1.97. The van der Waals surface area contributed by atoms with E-state index in [9.17, 15) is 13.9 Å². The van der Waals surface area contributed by atoms with E-state index >= 15 is 0 Å². The van der Waals surface area contributed by atoms with Crippen molar-refractivity contribution in [2.75, 3.05) is 19.0 Å². The van der Waals surface area contributed by atoms with Gasteiger partial charge in [0.1, 0.15) is 17.4 Å². The maximum atomic E-state index is 13.7. The van der Waals surface area contributed by atoms with Crippen molar-refractivity contribution in [2.24, 2.45) is 0 Å². The molecule has 0 saturated carbocycles. The highest BCUT2D eigenvalue weighted by molar-refractivity contribution is 5.50. The number of hydrogen-bond acceptors (Lipinski definition) is 3. The van der Waals surface area contributed by atoms with Crippen LogP contribution >= 0.6 is 0 Å². The smallest absolute Gasteiger partial charge is 0.131 e. The maximum absolute atomic E-state index is 13.7. The van der Waals surface area contributed by atoms with Crippen LogP contribution in [0.25, 0.3) is 0 Å². The van der Waals surface area contributed by atoms with Crippen molar-refractivity contribution in [2.45, 2.75) is 6.04 Å². The third-order valence-electron chi connectivity index (χ3n) is 2.94. The first-order chi connectivity index (χ1) is 9.65. The van der Waals surface area contributed by atoms with Crippen molar-refractivity contribution in [3.8, 4) is 5.75 Å². The highest BCUT2D eigenvalue weighted by Gasteiger charge is 2.19. The number of hydrogen-bond donors (Lipinski definition) is 2. The second-order valence-electron chi connectivity index (χ2n) is 4.25. The van der Waals surface area contributed by atoms with Gasteiger partial charge in [-0.15, -0.1) is 0 Å². The van der Waals surface area contributed by atoms with Crippen molar-refractivity contribution < 1.29 is 18.6 Å². The van der Waals surface area contributed by atoms with E-state index in [0.29, 0.717) is 11.4 Å². The fraction of sp³-hybridized carbons (Fsp3) is 0.200. The number of nitrogens with one attached hydrogen (secondary N) is 1. The molecule has 1 atom stereocenters. The molecule has 2 aromatic carbocycles. The van der Waals surface area contributed by atoms with E-state index in [1.807, 2.05) is 0 Å². The summed E-state index contributed by atoms with van der Waals surface area (Å²) in [4.78, 5) is 0. The molecular formula is C15H15F2NO2. The number of halogens is 2. The normalized spacial score (nSPS) is 12.0. The molecule has 0 aliphatic heterocycles. The summed E-state index contributed by atoms with van der Waals surface area (Å²) in [5, 5.41) is 12.3. The van der Waals surface area contributed by atoms with Gasteiger partial charge in [-0.1, -0.05) is 12.1 Å². The van der Waals surface area contributed by atoms with Gasteiger partial charge in [-0.2, -0.15) is 0 Å². The van der Waals surface area contributed by atoms with Gasteiger partial charge < -0.3 is 15.2 Å². The van der Waals surface area contributed by atoms with Crippen LogP contribution in [0, 0.1) is 11.6 Å². The first-order valence-corrected chi connectivity index (χ1v) is 6.11. The topological polar surface area (TPSA) is 41.5 Å². The van der Waals surface area contributed by atoms with Crippen LogP contribution < -0.4 is 10.1 Å². The summed E-state index contributed by atoms with van der Waals surface area (Å²) >= 11 is 0. The van der Waals surface area contributed by atoms with Crippen molar-refractivity contribution in [3.63, 3.8) is 0 Å². The molecule has 106 valence electrons. The minimum atomic E-state index is -0.872. The Hall–Kier alpha value is -2.14. The largest absolute Gasteiger partial charge is 0.497 e. The number of anilines is 1. The highest BCUT2D eigenvalue weighted by atomic mass is 19.1. The first-order valence-electron chi connectivity index (χ1n) is 6.11. The second-order valence-corrected chi connectivity index (χ2v) is 4.25. The Labute approximate surface area is 115 Å². The Bertz CT molecular complexity index is 570. The molecule has 0 fully saturated rings. The molecule has 0 saturated heterocycles. The minimum Gasteiger partial charge on any atom is -0.497 e. The number of methoxy groups -OCH3 is 1. The van der Waals surface area contributed by atoms with Crippen LogP contribution in [0.1, 0.15) is 11.6 Å². The lowest BCUT2D eigenvalue weighted by molar-refractivity contribution is 0.271. The van der Waals surface area contributed by atoms with Crippen LogP contribution in [-0.4, -0.2) is 18.8 Å². The molecule has 2 aromatic rings. The van der Waals surface area contributed by atoms with Crippen LogP contribution in [0.2, 0.25) is 0 Å². The molecule has 0 aliphatic rings. The van der Waals surface area contributed by atoms with Gasteiger partial charge in [-0.05, 0) is 24.3 Å². The molecule has 0 aliphatic carbocycles. The van der Waals surface area contributed by atoms with Gasteiger partial charge in [-0.3, -0.25) is 0 Å². The number of ether oxygens (including phenoxy) is 1. The minimum absolute atomic E-state index is 0.183. The molecule has 3 nitrogen and oxygen atoms in total. The van der Waals surface area contributed by atoms with Gasteiger partial charge in [0.05, 0.1) is 19.8 Å². The lowest BCUT2D eigenvalue weighted by Crippen LogP contribution is -2.18. The van der Waals surface area contributed by atoms with E-state index < -0.39 is 24.3 Å². The molecule has 0 radical (unpaired) electrons. The van der Waals surface area contributed by atoms with Crippen molar-refractivity contribution in [1.29, 1.82) is 0 Å². The summed E-state index contributed by atoms with van der Waals surface area (Å²) in [5.41, 5.74) is 0.420. The van der Waals surface area contributed by atoms with E-state index in [1.165, 1.54) is 13.2 Å². The van der Waals surface area contributed by atoms with Gasteiger partial charge in [0.25, 0.3) is 0 Å². The maximum Gasteiger partial charge on any atom is 0.131 e. The van der Waals surface area contributed by atoms with Crippen LogP contribution in [0.5, 0.6) is 5.75 Å². The number of benzene rings is 2. The molecule has 0 aromatic heterocycles. The molecule has 2 rings (SSSR count). The number of aliphatic hydroxyl groups is 1. The van der Waals surface area contributed by atoms with E-state index in [-0.39, 0.29) is 5.56 Å². The summed E-state index contributed by atoms with van der Waals surface area (Å²) in [7, 11) is 1.53. The monoisotopic (exact) mass is 279 g/mol. The SMILES string of the molecule is COc1cccc(NC(CO)c2c(F)cccc2F)c1. The molecule has 0 spiro atoms. The zero-order valence-corrected chi connectivity index (χ0v) is 10.9. The Morgan fingerprint density at radius 3 is 2.40 bits per heavy atom. The van der Waals surface area contributed by atoms with E-state index in [4.69, 9.17) is 4.74 Å². The Morgan fingerprint density at radius 1 is 1.15 bits per heavy atom. The Morgan fingerprint density at radius 2 is 1.80 bits per heavy atom. The summed E-state index contributed by atoms with van der Waals surface area (Å²) in [6, 6.07) is 9.64. The van der Waals surface area contributed by atoms with Crippen LogP contribution in [0.15, 0.2) is 42.5 Å². The van der Waals surface area contributed by atoms with Crippen LogP contribution in [-0.2, 0) is 0 Å². The van der Waals surface area contributed by atoms with Gasteiger partial charge in [0.2, 0.25) is 0 Å². The van der Waals surface area contributed by atoms with Crippen LogP contribution in [0.3, 0.4) is 0 Å². The summed E-state index contributed by atoms with van der Waals surface area (Å²) in [6.45, 7) is -0.435. The third kappa shape index (κ3) is 3.05. The number of rotatable bonds is 5. The standard InChI is InChI=1S/C15H15F2NO2/c1-20-11-5-2-4-10(8-11)18-14(9-19)15-12(16)6-3-7-13(15)17/h2-8,14,18-19H,9H2,1H3. The number of aliphatic hydroxyl groups excluding tert-OH is 1. The predicted octanol–water partition coefficient (Wildman–Crippen LogP) is 3.12. The molecular weight excluding hydrogens is 264 g/mol. The van der Waals surface area contributed by atoms with Gasteiger partial charge in [0, 0.05) is 17.3 Å². The van der Waals surface area contributed by atoms with Gasteiger partial charge >= 0.3 is 0 Å². The zero-order valence-electron chi connectivity index (χ0n) is 10.9.